The quantitative estimate of drug-likeness (QED) is 0.311. The van der Waals surface area contributed by atoms with Crippen molar-refractivity contribution in [2.24, 2.45) is 0 Å². The van der Waals surface area contributed by atoms with E-state index in [0.717, 1.165) is 30.6 Å². The number of carboxylic acid groups (broad SMARTS) is 1. The number of aryl methyl sites for hydroxylation is 2. The van der Waals surface area contributed by atoms with Gasteiger partial charge in [-0.3, -0.25) is 9.59 Å². The Labute approximate surface area is 207 Å². The minimum atomic E-state index is -0.857. The third kappa shape index (κ3) is 7.60. The van der Waals surface area contributed by atoms with Gasteiger partial charge in [0.15, 0.2) is 0 Å². The second-order valence-corrected chi connectivity index (χ2v) is 8.72. The molecule has 0 spiro atoms. The monoisotopic (exact) mass is 474 g/mol. The van der Waals surface area contributed by atoms with Crippen LogP contribution in [0.25, 0.3) is 0 Å². The molecule has 3 rings (SSSR count). The Morgan fingerprint density at radius 3 is 2.40 bits per heavy atom. The van der Waals surface area contributed by atoms with Crippen molar-refractivity contribution in [1.82, 2.24) is 0 Å². The first-order valence-corrected chi connectivity index (χ1v) is 12.0. The molecule has 0 saturated carbocycles. The van der Waals surface area contributed by atoms with Gasteiger partial charge >= 0.3 is 5.97 Å². The summed E-state index contributed by atoms with van der Waals surface area (Å²) in [6, 6.07) is 21.7. The summed E-state index contributed by atoms with van der Waals surface area (Å²) < 4.78 is 5.70. The van der Waals surface area contributed by atoms with Gasteiger partial charge in [-0.15, -0.1) is 0 Å². The molecule has 6 heteroatoms. The van der Waals surface area contributed by atoms with Crippen molar-refractivity contribution in [2.75, 3.05) is 23.9 Å². The van der Waals surface area contributed by atoms with Crippen molar-refractivity contribution in [3.63, 3.8) is 0 Å². The molecule has 3 aromatic rings. The molecule has 184 valence electrons. The minimum absolute atomic E-state index is 0.0404. The predicted octanol–water partition coefficient (Wildman–Crippen LogP) is 6.08. The zero-order chi connectivity index (χ0) is 25.2. The standard InChI is InChI=1S/C29H34N2O4/c1-4-8-22-12-14-23(15-13-22)20-31(3)24-16-17-25(21(2)19-24)29(34)30-26-9-5-6-10-27(26)35-18-7-11-28(32)33/h5-6,9-10,12-17,19H,4,7-8,11,18,20H2,1-3H3,(H,30,34)(H,32,33). The van der Waals surface area contributed by atoms with Crippen molar-refractivity contribution in [3.05, 3.63) is 89.0 Å². The second-order valence-electron chi connectivity index (χ2n) is 8.72. The molecule has 0 aliphatic carbocycles. The highest BCUT2D eigenvalue weighted by atomic mass is 16.5. The summed E-state index contributed by atoms with van der Waals surface area (Å²) in [5, 5.41) is 11.7. The number of anilines is 2. The van der Waals surface area contributed by atoms with Crippen molar-refractivity contribution in [2.45, 2.75) is 46.1 Å². The molecule has 0 aliphatic heterocycles. The normalized spacial score (nSPS) is 10.6. The lowest BCUT2D eigenvalue weighted by molar-refractivity contribution is -0.137. The van der Waals surface area contributed by atoms with E-state index in [1.807, 2.05) is 44.3 Å². The van der Waals surface area contributed by atoms with Gasteiger partial charge in [-0.25, -0.2) is 0 Å². The number of nitrogens with zero attached hydrogens (tertiary/aromatic N) is 1. The van der Waals surface area contributed by atoms with Gasteiger partial charge in [0.1, 0.15) is 5.75 Å². The Bertz CT molecular complexity index is 1140. The highest BCUT2D eigenvalue weighted by Crippen LogP contribution is 2.26. The van der Waals surface area contributed by atoms with Crippen LogP contribution >= 0.6 is 0 Å². The largest absolute Gasteiger partial charge is 0.491 e. The number of carbonyl (C=O) groups excluding carboxylic acids is 1. The maximum Gasteiger partial charge on any atom is 0.303 e. The van der Waals surface area contributed by atoms with Crippen LogP contribution in [-0.2, 0) is 17.8 Å². The number of nitrogens with one attached hydrogen (secondary N) is 1. The van der Waals surface area contributed by atoms with Crippen LogP contribution in [0.4, 0.5) is 11.4 Å². The summed E-state index contributed by atoms with van der Waals surface area (Å²) in [7, 11) is 2.05. The molecule has 0 bridgehead atoms. The number of carboxylic acids is 1. The zero-order valence-electron chi connectivity index (χ0n) is 20.7. The van der Waals surface area contributed by atoms with Crippen LogP contribution < -0.4 is 15.0 Å². The summed E-state index contributed by atoms with van der Waals surface area (Å²) in [5.74, 6) is -0.556. The molecule has 6 nitrogen and oxygen atoms in total. The van der Waals surface area contributed by atoms with E-state index in [-0.39, 0.29) is 18.9 Å². The maximum absolute atomic E-state index is 13.0. The van der Waals surface area contributed by atoms with Crippen LogP contribution in [0.1, 0.15) is 53.2 Å². The molecule has 0 radical (unpaired) electrons. The number of benzene rings is 3. The number of aliphatic carboxylic acids is 1. The number of amides is 1. The Morgan fingerprint density at radius 1 is 1.00 bits per heavy atom. The van der Waals surface area contributed by atoms with Crippen LogP contribution in [0, 0.1) is 6.92 Å². The Hall–Kier alpha value is -3.80. The van der Waals surface area contributed by atoms with Crippen LogP contribution in [0.5, 0.6) is 5.75 Å². The lowest BCUT2D eigenvalue weighted by Crippen LogP contribution is -2.18. The van der Waals surface area contributed by atoms with E-state index in [0.29, 0.717) is 23.4 Å². The summed E-state index contributed by atoms with van der Waals surface area (Å²) >= 11 is 0. The van der Waals surface area contributed by atoms with E-state index in [2.05, 4.69) is 41.4 Å². The molecule has 0 aromatic heterocycles. The summed E-state index contributed by atoms with van der Waals surface area (Å²) in [6.07, 6.45) is 2.68. The average molecular weight is 475 g/mol. The van der Waals surface area contributed by atoms with Crippen molar-refractivity contribution >= 4 is 23.3 Å². The fourth-order valence-electron chi connectivity index (χ4n) is 3.90. The summed E-state index contributed by atoms with van der Waals surface area (Å²) in [6.45, 7) is 5.16. The molecule has 0 unspecified atom stereocenters. The lowest BCUT2D eigenvalue weighted by Gasteiger charge is -2.21. The number of carbonyl (C=O) groups is 2. The first-order valence-electron chi connectivity index (χ1n) is 12.0. The smallest absolute Gasteiger partial charge is 0.303 e. The average Bonchev–Trinajstić information content (AvgIpc) is 2.84. The summed E-state index contributed by atoms with van der Waals surface area (Å²) in [4.78, 5) is 25.9. The number of para-hydroxylation sites is 2. The molecule has 2 N–H and O–H groups in total. The molecule has 0 heterocycles. The van der Waals surface area contributed by atoms with E-state index in [9.17, 15) is 9.59 Å². The van der Waals surface area contributed by atoms with Gasteiger partial charge in [0, 0.05) is 31.3 Å². The van der Waals surface area contributed by atoms with E-state index in [4.69, 9.17) is 9.84 Å². The van der Waals surface area contributed by atoms with Gasteiger partial charge < -0.3 is 20.1 Å². The molecule has 0 saturated heterocycles. The first-order chi connectivity index (χ1) is 16.9. The van der Waals surface area contributed by atoms with E-state index >= 15 is 0 Å². The Morgan fingerprint density at radius 2 is 1.71 bits per heavy atom. The van der Waals surface area contributed by atoms with E-state index in [1.54, 1.807) is 12.1 Å². The highest BCUT2D eigenvalue weighted by Gasteiger charge is 2.14. The van der Waals surface area contributed by atoms with Crippen LogP contribution in [-0.4, -0.2) is 30.6 Å². The lowest BCUT2D eigenvalue weighted by atomic mass is 10.1. The molecule has 0 fully saturated rings. The van der Waals surface area contributed by atoms with E-state index < -0.39 is 5.97 Å². The molecule has 0 aliphatic rings. The van der Waals surface area contributed by atoms with Crippen molar-refractivity contribution in [3.8, 4) is 5.75 Å². The summed E-state index contributed by atoms with van der Waals surface area (Å²) in [5.41, 5.74) is 5.67. The van der Waals surface area contributed by atoms with E-state index in [1.165, 1.54) is 11.1 Å². The maximum atomic E-state index is 13.0. The van der Waals surface area contributed by atoms with Crippen LogP contribution in [0.2, 0.25) is 0 Å². The third-order valence-electron chi connectivity index (χ3n) is 5.80. The number of ether oxygens (including phenoxy) is 1. The predicted molar refractivity (Wildman–Crippen MR) is 140 cm³/mol. The molecular formula is C29H34N2O4. The number of hydrogen-bond donors (Lipinski definition) is 2. The van der Waals surface area contributed by atoms with Gasteiger partial charge in [0.2, 0.25) is 0 Å². The van der Waals surface area contributed by atoms with Crippen molar-refractivity contribution in [1.29, 1.82) is 0 Å². The Balaban J connectivity index is 1.64. The third-order valence-corrected chi connectivity index (χ3v) is 5.80. The van der Waals surface area contributed by atoms with Crippen LogP contribution in [0.15, 0.2) is 66.7 Å². The fraction of sp³-hybridized carbons (Fsp3) is 0.310. The van der Waals surface area contributed by atoms with Gasteiger partial charge in [-0.1, -0.05) is 49.7 Å². The fourth-order valence-corrected chi connectivity index (χ4v) is 3.90. The Kier molecular flexibility index (Phi) is 9.30. The second kappa shape index (κ2) is 12.6. The number of hydrogen-bond acceptors (Lipinski definition) is 4. The topological polar surface area (TPSA) is 78.9 Å². The van der Waals surface area contributed by atoms with Crippen LogP contribution in [0.3, 0.4) is 0 Å². The SMILES string of the molecule is CCCc1ccc(CN(C)c2ccc(C(=O)Nc3ccccc3OCCCC(=O)O)c(C)c2)cc1. The number of rotatable bonds is 12. The molecule has 3 aromatic carbocycles. The van der Waals surface area contributed by atoms with Crippen molar-refractivity contribution < 1.29 is 19.4 Å². The van der Waals surface area contributed by atoms with Gasteiger partial charge in [-0.2, -0.15) is 0 Å². The molecule has 35 heavy (non-hydrogen) atoms. The highest BCUT2D eigenvalue weighted by molar-refractivity contribution is 6.06. The van der Waals surface area contributed by atoms with Gasteiger partial charge in [0.25, 0.3) is 5.91 Å². The molecule has 0 atom stereocenters. The van der Waals surface area contributed by atoms with Gasteiger partial charge in [0.05, 0.1) is 12.3 Å². The minimum Gasteiger partial charge on any atom is -0.491 e. The first kappa shape index (κ1) is 25.8. The van der Waals surface area contributed by atoms with Gasteiger partial charge in [-0.05, 0) is 66.8 Å². The molecular weight excluding hydrogens is 440 g/mol. The molecule has 1 amide bonds. The zero-order valence-corrected chi connectivity index (χ0v) is 20.7.